The third-order valence-electron chi connectivity index (χ3n) is 2.25. The van der Waals surface area contributed by atoms with Gasteiger partial charge in [0.1, 0.15) is 6.29 Å². The standard InChI is InChI=1S/C9H13O4.Y/c1-9(2)12-7-5-11-6(3-4-10)8(7)13-9;/h4-8H,3H2,1-2H3;/q-1;/t6-,7?,8?;/m1./s1. The first-order chi connectivity index (χ1) is 6.12. The van der Waals surface area contributed by atoms with E-state index in [0.717, 1.165) is 6.29 Å². The molecule has 2 unspecified atom stereocenters. The zero-order valence-electron chi connectivity index (χ0n) is 8.30. The summed E-state index contributed by atoms with van der Waals surface area (Å²) in [7, 11) is 0. The fourth-order valence-electron chi connectivity index (χ4n) is 1.75. The van der Waals surface area contributed by atoms with Crippen LogP contribution in [0, 0.1) is 6.61 Å². The van der Waals surface area contributed by atoms with Gasteiger partial charge < -0.3 is 19.0 Å². The molecular weight excluding hydrogens is 261 g/mol. The second-order valence-electron chi connectivity index (χ2n) is 3.78. The molecule has 2 aliphatic rings. The average Bonchev–Trinajstić information content (AvgIpc) is 2.48. The molecule has 0 saturated carbocycles. The quantitative estimate of drug-likeness (QED) is 0.548. The largest absolute Gasteiger partial charge is 0.545 e. The van der Waals surface area contributed by atoms with E-state index in [1.165, 1.54) is 0 Å². The molecule has 2 aliphatic heterocycles. The molecule has 4 nitrogen and oxygen atoms in total. The number of hydrogen-bond donors (Lipinski definition) is 0. The number of ether oxygens (including phenoxy) is 3. The van der Waals surface area contributed by atoms with Crippen LogP contribution in [0.4, 0.5) is 0 Å². The summed E-state index contributed by atoms with van der Waals surface area (Å²) in [5, 5.41) is 0. The van der Waals surface area contributed by atoms with E-state index in [2.05, 4.69) is 0 Å². The summed E-state index contributed by atoms with van der Waals surface area (Å²) in [5.41, 5.74) is 0. The summed E-state index contributed by atoms with van der Waals surface area (Å²) < 4.78 is 16.4. The van der Waals surface area contributed by atoms with Crippen LogP contribution >= 0.6 is 0 Å². The first-order valence-electron chi connectivity index (χ1n) is 4.40. The molecule has 2 fully saturated rings. The number of fused-ring (bicyclic) bond motifs is 1. The van der Waals surface area contributed by atoms with Gasteiger partial charge in [-0.25, -0.2) is 0 Å². The molecule has 0 N–H and O–H groups in total. The van der Waals surface area contributed by atoms with Crippen LogP contribution in [-0.4, -0.2) is 30.4 Å². The minimum Gasteiger partial charge on any atom is -0.545 e. The molecule has 0 bridgehead atoms. The van der Waals surface area contributed by atoms with E-state index in [1.54, 1.807) is 6.61 Å². The van der Waals surface area contributed by atoms with E-state index < -0.39 is 5.79 Å². The van der Waals surface area contributed by atoms with Gasteiger partial charge in [0.15, 0.2) is 5.79 Å². The first-order valence-corrected chi connectivity index (χ1v) is 4.40. The van der Waals surface area contributed by atoms with Crippen molar-refractivity contribution in [3.05, 3.63) is 6.61 Å². The topological polar surface area (TPSA) is 44.8 Å². The molecule has 2 saturated heterocycles. The monoisotopic (exact) mass is 274 g/mol. The van der Waals surface area contributed by atoms with Crippen molar-refractivity contribution in [3.8, 4) is 0 Å². The summed E-state index contributed by atoms with van der Waals surface area (Å²) in [4.78, 5) is 10.3. The van der Waals surface area contributed by atoms with Crippen LogP contribution < -0.4 is 0 Å². The van der Waals surface area contributed by atoms with E-state index >= 15 is 0 Å². The summed E-state index contributed by atoms with van der Waals surface area (Å²) in [6.07, 6.45) is 0.775. The molecule has 14 heavy (non-hydrogen) atoms. The van der Waals surface area contributed by atoms with Crippen LogP contribution in [-0.2, 0) is 51.7 Å². The molecule has 0 aromatic carbocycles. The van der Waals surface area contributed by atoms with Crippen molar-refractivity contribution in [1.82, 2.24) is 0 Å². The Balaban J connectivity index is 0.000000980. The van der Waals surface area contributed by atoms with E-state index in [-0.39, 0.29) is 51.0 Å². The van der Waals surface area contributed by atoms with Gasteiger partial charge in [-0.3, -0.25) is 0 Å². The van der Waals surface area contributed by atoms with Crippen LogP contribution in [0.3, 0.4) is 0 Å². The summed E-state index contributed by atoms with van der Waals surface area (Å²) in [6, 6.07) is 0. The normalized spacial score (nSPS) is 38.9. The van der Waals surface area contributed by atoms with Crippen molar-refractivity contribution in [2.24, 2.45) is 0 Å². The van der Waals surface area contributed by atoms with Gasteiger partial charge in [-0.1, -0.05) is 0 Å². The number of carbonyl (C=O) groups excluding carboxylic acids is 1. The molecule has 5 heteroatoms. The van der Waals surface area contributed by atoms with Gasteiger partial charge in [0.05, 0.1) is 12.2 Å². The third-order valence-corrected chi connectivity index (χ3v) is 2.25. The Bertz CT molecular complexity index is 219. The molecule has 1 radical (unpaired) electrons. The maximum absolute atomic E-state index is 10.3. The van der Waals surface area contributed by atoms with Crippen LogP contribution in [0.5, 0.6) is 0 Å². The fourth-order valence-corrected chi connectivity index (χ4v) is 1.75. The van der Waals surface area contributed by atoms with Crippen molar-refractivity contribution in [2.75, 3.05) is 0 Å². The van der Waals surface area contributed by atoms with E-state index in [4.69, 9.17) is 14.2 Å². The molecule has 2 heterocycles. The molecule has 0 amide bonds. The Morgan fingerprint density at radius 3 is 2.79 bits per heavy atom. The molecule has 77 valence electrons. The van der Waals surface area contributed by atoms with E-state index in [0.29, 0.717) is 6.42 Å². The Morgan fingerprint density at radius 1 is 1.43 bits per heavy atom. The van der Waals surface area contributed by atoms with E-state index in [9.17, 15) is 4.79 Å². The second kappa shape index (κ2) is 4.66. The smallest absolute Gasteiger partial charge is 0.160 e. The number of rotatable bonds is 2. The van der Waals surface area contributed by atoms with Gasteiger partial charge in [-0.15, -0.1) is 0 Å². The van der Waals surface area contributed by atoms with Crippen molar-refractivity contribution in [2.45, 2.75) is 44.4 Å². The molecule has 0 aromatic heterocycles. The van der Waals surface area contributed by atoms with Crippen molar-refractivity contribution < 1.29 is 51.7 Å². The Hall–Kier alpha value is 0.654. The molecular formula is C9H13O4Y-. The van der Waals surface area contributed by atoms with Crippen molar-refractivity contribution >= 4 is 6.29 Å². The molecule has 0 aliphatic carbocycles. The molecule has 0 aromatic rings. The van der Waals surface area contributed by atoms with Gasteiger partial charge in [-0.2, -0.15) is 6.61 Å². The SMILES string of the molecule is CC1(C)OC2[CH-]O[C@H](CC=O)C2O1.[Y]. The zero-order chi connectivity index (χ0) is 9.47. The van der Waals surface area contributed by atoms with Crippen LogP contribution in [0.1, 0.15) is 20.3 Å². The summed E-state index contributed by atoms with van der Waals surface area (Å²) in [6.45, 7) is 5.34. The van der Waals surface area contributed by atoms with Crippen LogP contribution in [0.15, 0.2) is 0 Å². The number of hydrogen-bond acceptors (Lipinski definition) is 4. The minimum atomic E-state index is -0.559. The number of aldehydes is 1. The second-order valence-corrected chi connectivity index (χ2v) is 3.78. The predicted octanol–water partition coefficient (Wildman–Crippen LogP) is 0.654. The minimum absolute atomic E-state index is 0. The predicted molar refractivity (Wildman–Crippen MR) is 43.7 cm³/mol. The summed E-state index contributed by atoms with van der Waals surface area (Å²) in [5.74, 6) is -0.559. The van der Waals surface area contributed by atoms with Crippen molar-refractivity contribution in [1.29, 1.82) is 0 Å². The zero-order valence-corrected chi connectivity index (χ0v) is 11.1. The first kappa shape index (κ1) is 12.7. The Labute approximate surface area is 109 Å². The summed E-state index contributed by atoms with van der Waals surface area (Å²) >= 11 is 0. The van der Waals surface area contributed by atoms with Gasteiger partial charge in [-0.05, 0) is 20.0 Å². The maximum atomic E-state index is 10.3. The average molecular weight is 274 g/mol. The maximum Gasteiger partial charge on any atom is 0.160 e. The van der Waals surface area contributed by atoms with E-state index in [1.807, 2.05) is 13.8 Å². The third kappa shape index (κ3) is 2.42. The van der Waals surface area contributed by atoms with Gasteiger partial charge >= 0.3 is 0 Å². The number of carbonyl (C=O) groups is 1. The Kier molecular flexibility index (Phi) is 4.24. The van der Waals surface area contributed by atoms with Crippen molar-refractivity contribution in [3.63, 3.8) is 0 Å². The van der Waals surface area contributed by atoms with Gasteiger partial charge in [0, 0.05) is 39.1 Å². The molecule has 0 spiro atoms. The molecule has 2 rings (SSSR count). The van der Waals surface area contributed by atoms with Crippen LogP contribution in [0.2, 0.25) is 0 Å². The Morgan fingerprint density at radius 2 is 2.14 bits per heavy atom. The van der Waals surface area contributed by atoms with Gasteiger partial charge in [0.2, 0.25) is 0 Å². The molecule has 3 atom stereocenters. The van der Waals surface area contributed by atoms with Gasteiger partial charge in [0.25, 0.3) is 0 Å². The van der Waals surface area contributed by atoms with Crippen LogP contribution in [0.25, 0.3) is 0 Å². The fraction of sp³-hybridized carbons (Fsp3) is 0.778.